The second-order valence-electron chi connectivity index (χ2n) is 15.3. The van der Waals surface area contributed by atoms with Crippen LogP contribution in [0.5, 0.6) is 11.5 Å². The van der Waals surface area contributed by atoms with Crippen LogP contribution in [0.2, 0.25) is 0 Å². The number of aromatic nitrogens is 2. The molecule has 61 heavy (non-hydrogen) atoms. The molecule has 0 spiro atoms. The maximum Gasteiger partial charge on any atom is 0.193 e. The van der Waals surface area contributed by atoms with E-state index in [2.05, 4.69) is 128 Å². The molecule has 294 valence electrons. The molecule has 5 nitrogen and oxygen atoms in total. The van der Waals surface area contributed by atoms with Crippen LogP contribution in [0, 0.1) is 0 Å². The molecule has 10 aromatic rings. The third-order valence-electron chi connectivity index (χ3n) is 11.5. The highest BCUT2D eigenvalue weighted by molar-refractivity contribution is 7.96. The Balaban J connectivity index is 0.914. The van der Waals surface area contributed by atoms with Crippen LogP contribution >= 0.6 is 12.6 Å². The summed E-state index contributed by atoms with van der Waals surface area (Å²) in [6, 6.07) is 64.4. The Labute approximate surface area is 359 Å². The molecule has 0 amide bonds. The topological polar surface area (TPSA) is 61.3 Å². The van der Waals surface area contributed by atoms with Crippen LogP contribution in [0.25, 0.3) is 76.7 Å². The van der Waals surface area contributed by atoms with Gasteiger partial charge in [0.25, 0.3) is 0 Å². The number of benzene rings is 8. The number of rotatable bonds is 11. The second kappa shape index (κ2) is 16.4. The normalized spacial score (nSPS) is 11.9. The standard InChI is InChI=1S/C55H40N2O3S/c1-35(55(58)61)54-49(30-31-50-47(12-7-13-51(50)54)37-20-27-45(28-21-37)60-34-43-24-17-39-9-3-5-15-53(39)57-43)41-22-29-48-40(32-41)10-6-11-46(48)36-18-25-44(26-19-36)59-33-42-23-16-38-8-2-4-14-52(38)56-42/h2-32,35H,33-34H2,1H3,(H,58,61). The van der Waals surface area contributed by atoms with Gasteiger partial charge >= 0.3 is 0 Å². The average Bonchev–Trinajstić information content (AvgIpc) is 3.31. The van der Waals surface area contributed by atoms with E-state index < -0.39 is 5.92 Å². The minimum absolute atomic E-state index is 0.175. The van der Waals surface area contributed by atoms with E-state index in [1.54, 1.807) is 0 Å². The number of hydrogen-bond acceptors (Lipinski definition) is 5. The van der Waals surface area contributed by atoms with E-state index in [0.29, 0.717) is 13.2 Å². The highest BCUT2D eigenvalue weighted by Gasteiger charge is 2.21. The number of fused-ring (bicyclic) bond motifs is 4. The van der Waals surface area contributed by atoms with Gasteiger partial charge in [-0.05, 0) is 115 Å². The first-order valence-corrected chi connectivity index (χ1v) is 20.9. The van der Waals surface area contributed by atoms with Gasteiger partial charge in [-0.3, -0.25) is 4.79 Å². The monoisotopic (exact) mass is 808 g/mol. The largest absolute Gasteiger partial charge is 0.487 e. The summed E-state index contributed by atoms with van der Waals surface area (Å²) in [5.41, 5.74) is 11.1. The lowest BCUT2D eigenvalue weighted by molar-refractivity contribution is -0.111. The Hall–Kier alpha value is -7.28. The molecule has 0 saturated heterocycles. The fourth-order valence-electron chi connectivity index (χ4n) is 8.33. The smallest absolute Gasteiger partial charge is 0.193 e. The van der Waals surface area contributed by atoms with Crippen LogP contribution in [0.15, 0.2) is 188 Å². The van der Waals surface area contributed by atoms with Gasteiger partial charge in [0.15, 0.2) is 5.12 Å². The van der Waals surface area contributed by atoms with Crippen LogP contribution in [0.3, 0.4) is 0 Å². The molecule has 1 unspecified atom stereocenters. The van der Waals surface area contributed by atoms with Crippen molar-refractivity contribution in [1.82, 2.24) is 9.97 Å². The predicted molar refractivity (Wildman–Crippen MR) is 252 cm³/mol. The summed E-state index contributed by atoms with van der Waals surface area (Å²) < 4.78 is 12.3. The summed E-state index contributed by atoms with van der Waals surface area (Å²) in [5.74, 6) is 1.13. The van der Waals surface area contributed by atoms with Gasteiger partial charge in [-0.2, -0.15) is 0 Å². The van der Waals surface area contributed by atoms with Gasteiger partial charge < -0.3 is 9.47 Å². The zero-order valence-electron chi connectivity index (χ0n) is 33.5. The van der Waals surface area contributed by atoms with Crippen LogP contribution in [-0.2, 0) is 18.0 Å². The van der Waals surface area contributed by atoms with Crippen molar-refractivity contribution < 1.29 is 14.3 Å². The molecule has 0 aliphatic heterocycles. The van der Waals surface area contributed by atoms with E-state index in [-0.39, 0.29) is 5.12 Å². The Morgan fingerprint density at radius 3 is 1.57 bits per heavy atom. The number of carbonyl (C=O) groups is 1. The van der Waals surface area contributed by atoms with Crippen LogP contribution < -0.4 is 9.47 Å². The molecule has 6 heteroatoms. The molecule has 0 aliphatic carbocycles. The first kappa shape index (κ1) is 38.0. The maximum atomic E-state index is 13.0. The first-order chi connectivity index (χ1) is 29.9. The van der Waals surface area contributed by atoms with E-state index >= 15 is 0 Å². The van der Waals surface area contributed by atoms with Crippen LogP contribution in [0.4, 0.5) is 0 Å². The molecular weight excluding hydrogens is 769 g/mol. The number of pyridine rings is 2. The Morgan fingerprint density at radius 1 is 0.475 bits per heavy atom. The van der Waals surface area contributed by atoms with E-state index in [9.17, 15) is 4.79 Å². The van der Waals surface area contributed by atoms with Crippen LogP contribution in [-0.4, -0.2) is 15.1 Å². The molecule has 2 heterocycles. The van der Waals surface area contributed by atoms with Crippen molar-refractivity contribution in [3.8, 4) is 44.9 Å². The fourth-order valence-corrected chi connectivity index (χ4v) is 8.46. The molecule has 0 saturated carbocycles. The lowest BCUT2D eigenvalue weighted by Crippen LogP contribution is -2.05. The van der Waals surface area contributed by atoms with Gasteiger partial charge in [-0.15, -0.1) is 12.6 Å². The highest BCUT2D eigenvalue weighted by Crippen LogP contribution is 2.41. The van der Waals surface area contributed by atoms with Gasteiger partial charge in [-0.1, -0.05) is 140 Å². The number of thiol groups is 1. The molecule has 10 rings (SSSR count). The Morgan fingerprint density at radius 2 is 0.984 bits per heavy atom. The Kier molecular flexibility index (Phi) is 10.2. The SMILES string of the molecule is CC(C(=O)S)c1c(-c2ccc3c(-c4ccc(OCc5ccc6ccccc6n5)cc4)cccc3c2)ccc2c(-c3ccc(OCc4ccc5ccccc5n4)cc3)cccc12. The maximum absolute atomic E-state index is 13.0. The molecule has 0 N–H and O–H groups in total. The summed E-state index contributed by atoms with van der Waals surface area (Å²) in [6.07, 6.45) is 0. The van der Waals surface area contributed by atoms with Crippen molar-refractivity contribution in [1.29, 1.82) is 0 Å². The third-order valence-corrected chi connectivity index (χ3v) is 11.9. The quantitative estimate of drug-likeness (QED) is 0.132. The number of carbonyl (C=O) groups excluding carboxylic acids is 1. The van der Waals surface area contributed by atoms with Gasteiger partial charge in [-0.25, -0.2) is 9.97 Å². The van der Waals surface area contributed by atoms with E-state index in [1.165, 1.54) is 0 Å². The summed E-state index contributed by atoms with van der Waals surface area (Å²) in [6.45, 7) is 2.72. The van der Waals surface area contributed by atoms with Gasteiger partial charge in [0.05, 0.1) is 28.3 Å². The van der Waals surface area contributed by atoms with Crippen molar-refractivity contribution in [2.24, 2.45) is 0 Å². The molecule has 8 aromatic carbocycles. The van der Waals surface area contributed by atoms with Crippen LogP contribution in [0.1, 0.15) is 29.8 Å². The zero-order valence-corrected chi connectivity index (χ0v) is 34.4. The van der Waals surface area contributed by atoms with E-state index in [1.807, 2.05) is 79.7 Å². The highest BCUT2D eigenvalue weighted by atomic mass is 32.1. The summed E-state index contributed by atoms with van der Waals surface area (Å²) in [5, 5.41) is 6.40. The molecule has 0 bridgehead atoms. The fraction of sp³-hybridized carbons (Fsp3) is 0.0727. The van der Waals surface area contributed by atoms with Gasteiger partial charge in [0.2, 0.25) is 0 Å². The van der Waals surface area contributed by atoms with Gasteiger partial charge in [0.1, 0.15) is 24.7 Å². The zero-order chi connectivity index (χ0) is 41.3. The number of ether oxygens (including phenoxy) is 2. The third kappa shape index (κ3) is 7.70. The van der Waals surface area contributed by atoms with Crippen molar-refractivity contribution in [3.63, 3.8) is 0 Å². The van der Waals surface area contributed by atoms with Crippen molar-refractivity contribution in [2.45, 2.75) is 26.1 Å². The molecular formula is C55H40N2O3S. The number of hydrogen-bond donors (Lipinski definition) is 1. The number of nitrogens with zero attached hydrogens (tertiary/aromatic N) is 2. The average molecular weight is 809 g/mol. The molecule has 0 radical (unpaired) electrons. The van der Waals surface area contributed by atoms with Gasteiger partial charge in [0, 0.05) is 10.8 Å². The predicted octanol–water partition coefficient (Wildman–Crippen LogP) is 13.8. The molecule has 0 fully saturated rings. The van der Waals surface area contributed by atoms with Crippen molar-refractivity contribution in [3.05, 3.63) is 205 Å². The van der Waals surface area contributed by atoms with Crippen molar-refractivity contribution in [2.75, 3.05) is 0 Å². The lowest BCUT2D eigenvalue weighted by atomic mass is 9.85. The summed E-state index contributed by atoms with van der Waals surface area (Å²) >= 11 is 4.36. The minimum Gasteiger partial charge on any atom is -0.487 e. The Bertz CT molecular complexity index is 3250. The summed E-state index contributed by atoms with van der Waals surface area (Å²) in [4.78, 5) is 22.5. The second-order valence-corrected chi connectivity index (χ2v) is 15.8. The first-order valence-electron chi connectivity index (χ1n) is 20.4. The van der Waals surface area contributed by atoms with E-state index in [4.69, 9.17) is 19.4 Å². The summed E-state index contributed by atoms with van der Waals surface area (Å²) in [7, 11) is 0. The molecule has 1 atom stereocenters. The van der Waals surface area contributed by atoms with Crippen molar-refractivity contribution >= 4 is 61.1 Å². The molecule has 2 aromatic heterocycles. The van der Waals surface area contributed by atoms with E-state index in [0.717, 1.165) is 105 Å². The minimum atomic E-state index is -0.434. The lowest BCUT2D eigenvalue weighted by Gasteiger charge is -2.20. The molecule has 0 aliphatic rings. The number of para-hydroxylation sites is 2.